The molecule has 0 unspecified atom stereocenters. The Balaban J connectivity index is 2.00. The summed E-state index contributed by atoms with van der Waals surface area (Å²) in [4.78, 5) is 18.9. The number of rotatable bonds is 10. The molecule has 150 valence electrons. The van der Waals surface area contributed by atoms with Gasteiger partial charge in [0.25, 0.3) is 0 Å². The van der Waals surface area contributed by atoms with Gasteiger partial charge in [-0.3, -0.25) is 4.79 Å². The highest BCUT2D eigenvalue weighted by atomic mass is 16.5. The first-order valence-electron chi connectivity index (χ1n) is 9.53. The highest BCUT2D eigenvalue weighted by Gasteiger charge is 2.07. The van der Waals surface area contributed by atoms with Gasteiger partial charge in [-0.1, -0.05) is 19.9 Å². The van der Waals surface area contributed by atoms with Crippen molar-refractivity contribution in [3.63, 3.8) is 0 Å². The van der Waals surface area contributed by atoms with Crippen molar-refractivity contribution in [3.8, 4) is 11.5 Å². The summed E-state index contributed by atoms with van der Waals surface area (Å²) < 4.78 is 10.5. The molecule has 0 saturated heterocycles. The van der Waals surface area contributed by atoms with E-state index in [9.17, 15) is 4.79 Å². The fraction of sp³-hybridized carbons (Fsp3) is 0.364. The number of anilines is 2. The summed E-state index contributed by atoms with van der Waals surface area (Å²) in [5.74, 6) is 1.98. The Morgan fingerprint density at radius 2 is 1.79 bits per heavy atom. The van der Waals surface area contributed by atoms with Crippen molar-refractivity contribution in [3.05, 3.63) is 48.2 Å². The Morgan fingerprint density at radius 3 is 2.36 bits per heavy atom. The molecule has 0 radical (unpaired) electrons. The number of hydrogen-bond acceptors (Lipinski definition) is 5. The lowest BCUT2D eigenvalue weighted by molar-refractivity contribution is -0.111. The molecular weight excluding hydrogens is 354 g/mol. The maximum atomic E-state index is 12.2. The number of nitrogens with zero attached hydrogens (tertiary/aromatic N) is 2. The zero-order valence-corrected chi connectivity index (χ0v) is 17.1. The van der Waals surface area contributed by atoms with Crippen molar-refractivity contribution < 1.29 is 14.3 Å². The smallest absolute Gasteiger partial charge is 0.248 e. The van der Waals surface area contributed by atoms with Crippen LogP contribution < -0.4 is 19.7 Å². The molecule has 0 saturated carbocycles. The lowest BCUT2D eigenvalue weighted by Crippen LogP contribution is -2.25. The first-order chi connectivity index (χ1) is 13.6. The molecule has 0 aliphatic rings. The lowest BCUT2D eigenvalue weighted by atomic mass is 10.2. The number of pyridine rings is 1. The van der Waals surface area contributed by atoms with Crippen molar-refractivity contribution in [2.75, 3.05) is 37.5 Å². The van der Waals surface area contributed by atoms with Crippen LogP contribution in [-0.4, -0.2) is 38.2 Å². The van der Waals surface area contributed by atoms with Gasteiger partial charge < -0.3 is 19.7 Å². The molecule has 1 N–H and O–H groups in total. The van der Waals surface area contributed by atoms with Gasteiger partial charge in [-0.15, -0.1) is 0 Å². The molecule has 0 bridgehead atoms. The predicted octanol–water partition coefficient (Wildman–Crippen LogP) is 4.38. The van der Waals surface area contributed by atoms with Gasteiger partial charge in [0.15, 0.2) is 11.5 Å². The third-order valence-corrected chi connectivity index (χ3v) is 4.16. The molecule has 1 amide bonds. The largest absolute Gasteiger partial charge is 0.493 e. The van der Waals surface area contributed by atoms with E-state index in [1.807, 2.05) is 24.3 Å². The van der Waals surface area contributed by atoms with Crippen LogP contribution in [0.25, 0.3) is 6.08 Å². The number of ether oxygens (including phenoxy) is 2. The van der Waals surface area contributed by atoms with Crippen LogP contribution >= 0.6 is 0 Å². The molecule has 0 fully saturated rings. The number of hydrogen-bond donors (Lipinski definition) is 1. The van der Waals surface area contributed by atoms with Crippen LogP contribution in [0.1, 0.15) is 32.3 Å². The quantitative estimate of drug-likeness (QED) is 0.617. The van der Waals surface area contributed by atoms with E-state index < -0.39 is 0 Å². The number of benzene rings is 1. The van der Waals surface area contributed by atoms with E-state index in [-0.39, 0.29) is 5.91 Å². The van der Waals surface area contributed by atoms with E-state index in [1.165, 1.54) is 6.08 Å². The van der Waals surface area contributed by atoms with Crippen LogP contribution in [0.4, 0.5) is 11.5 Å². The average Bonchev–Trinajstić information content (AvgIpc) is 2.72. The number of carbonyl (C=O) groups is 1. The van der Waals surface area contributed by atoms with Gasteiger partial charge in [-0.2, -0.15) is 0 Å². The van der Waals surface area contributed by atoms with E-state index in [1.54, 1.807) is 32.6 Å². The first kappa shape index (κ1) is 21.3. The summed E-state index contributed by atoms with van der Waals surface area (Å²) in [6.45, 7) is 6.26. The van der Waals surface area contributed by atoms with Crippen molar-refractivity contribution >= 4 is 23.5 Å². The molecule has 6 heteroatoms. The maximum absolute atomic E-state index is 12.2. The maximum Gasteiger partial charge on any atom is 0.248 e. The summed E-state index contributed by atoms with van der Waals surface area (Å²) in [7, 11) is 3.17. The third kappa shape index (κ3) is 6.01. The molecule has 1 aromatic carbocycles. The Bertz CT molecular complexity index is 782. The molecule has 1 heterocycles. The van der Waals surface area contributed by atoms with Gasteiger partial charge in [0.05, 0.1) is 26.1 Å². The molecule has 2 rings (SSSR count). The second-order valence-electron chi connectivity index (χ2n) is 6.33. The van der Waals surface area contributed by atoms with E-state index in [2.05, 4.69) is 29.0 Å². The first-order valence-corrected chi connectivity index (χ1v) is 9.53. The van der Waals surface area contributed by atoms with Gasteiger partial charge in [0, 0.05) is 19.2 Å². The van der Waals surface area contributed by atoms with Crippen LogP contribution in [0.3, 0.4) is 0 Å². The normalized spacial score (nSPS) is 10.7. The Labute approximate surface area is 167 Å². The van der Waals surface area contributed by atoms with Crippen LogP contribution in [0.5, 0.6) is 11.5 Å². The van der Waals surface area contributed by atoms with E-state index in [0.29, 0.717) is 17.2 Å². The highest BCUT2D eigenvalue weighted by Crippen LogP contribution is 2.28. The predicted molar refractivity (Wildman–Crippen MR) is 114 cm³/mol. The van der Waals surface area contributed by atoms with Crippen molar-refractivity contribution in [1.82, 2.24) is 4.98 Å². The van der Waals surface area contributed by atoms with Gasteiger partial charge in [0.2, 0.25) is 5.91 Å². The second-order valence-corrected chi connectivity index (χ2v) is 6.33. The number of methoxy groups -OCH3 is 2. The summed E-state index contributed by atoms with van der Waals surface area (Å²) in [6.07, 6.45) is 7.04. The number of amides is 1. The van der Waals surface area contributed by atoms with Crippen molar-refractivity contribution in [2.24, 2.45) is 0 Å². The minimum absolute atomic E-state index is 0.219. The SMILES string of the molecule is CCCN(CCC)c1ccc(NC(=O)/C=C/c2ccc(OC)c(OC)c2)cn1. The van der Waals surface area contributed by atoms with Crippen LogP contribution in [-0.2, 0) is 4.79 Å². The molecular formula is C22H29N3O3. The Morgan fingerprint density at radius 1 is 1.07 bits per heavy atom. The van der Waals surface area contributed by atoms with Gasteiger partial charge in [-0.25, -0.2) is 4.98 Å². The Hall–Kier alpha value is -3.02. The number of carbonyl (C=O) groups excluding carboxylic acids is 1. The number of aromatic nitrogens is 1. The molecule has 0 aliphatic heterocycles. The van der Waals surface area contributed by atoms with E-state index >= 15 is 0 Å². The van der Waals surface area contributed by atoms with Gasteiger partial charge >= 0.3 is 0 Å². The molecule has 28 heavy (non-hydrogen) atoms. The molecule has 2 aromatic rings. The van der Waals surface area contributed by atoms with E-state index in [0.717, 1.165) is 37.3 Å². The fourth-order valence-electron chi connectivity index (χ4n) is 2.84. The van der Waals surface area contributed by atoms with E-state index in [4.69, 9.17) is 9.47 Å². The Kier molecular flexibility index (Phi) is 8.34. The van der Waals surface area contributed by atoms with Crippen LogP contribution in [0.15, 0.2) is 42.6 Å². The summed E-state index contributed by atoms with van der Waals surface area (Å²) in [5.41, 5.74) is 1.51. The number of nitrogens with one attached hydrogen (secondary N) is 1. The van der Waals surface area contributed by atoms with Crippen LogP contribution in [0, 0.1) is 0 Å². The minimum atomic E-state index is -0.219. The molecule has 0 atom stereocenters. The summed E-state index contributed by atoms with van der Waals surface area (Å²) in [5, 5.41) is 2.83. The topological polar surface area (TPSA) is 63.7 Å². The monoisotopic (exact) mass is 383 g/mol. The highest BCUT2D eigenvalue weighted by molar-refractivity contribution is 6.01. The standard InChI is InChI=1S/C22H29N3O3/c1-5-13-25(14-6-2)21-11-9-18(16-23-21)24-22(26)12-8-17-7-10-19(27-3)20(15-17)28-4/h7-12,15-16H,5-6,13-14H2,1-4H3,(H,24,26)/b12-8+. The molecule has 6 nitrogen and oxygen atoms in total. The zero-order chi connectivity index (χ0) is 20.4. The second kappa shape index (κ2) is 11.0. The molecule has 0 spiro atoms. The van der Waals surface area contributed by atoms with Crippen molar-refractivity contribution in [1.29, 1.82) is 0 Å². The van der Waals surface area contributed by atoms with Crippen LogP contribution in [0.2, 0.25) is 0 Å². The molecule has 1 aromatic heterocycles. The van der Waals surface area contributed by atoms with Gasteiger partial charge in [0.1, 0.15) is 5.82 Å². The lowest BCUT2D eigenvalue weighted by Gasteiger charge is -2.22. The summed E-state index contributed by atoms with van der Waals surface area (Å²) >= 11 is 0. The third-order valence-electron chi connectivity index (χ3n) is 4.16. The zero-order valence-electron chi connectivity index (χ0n) is 17.1. The molecule has 0 aliphatic carbocycles. The average molecular weight is 383 g/mol. The fourth-order valence-corrected chi connectivity index (χ4v) is 2.84. The van der Waals surface area contributed by atoms with Crippen molar-refractivity contribution in [2.45, 2.75) is 26.7 Å². The minimum Gasteiger partial charge on any atom is -0.493 e. The van der Waals surface area contributed by atoms with Gasteiger partial charge in [-0.05, 0) is 48.7 Å². The summed E-state index contributed by atoms with van der Waals surface area (Å²) in [6, 6.07) is 9.30.